The van der Waals surface area contributed by atoms with Gasteiger partial charge in [-0.05, 0) is 37.8 Å². The number of methoxy groups -OCH3 is 3. The lowest BCUT2D eigenvalue weighted by atomic mass is 10.1. The molecule has 0 bridgehead atoms. The van der Waals surface area contributed by atoms with E-state index in [-0.39, 0.29) is 11.9 Å². The number of hydrogen-bond donors (Lipinski definition) is 1. The van der Waals surface area contributed by atoms with E-state index < -0.39 is 0 Å². The van der Waals surface area contributed by atoms with Gasteiger partial charge in [-0.1, -0.05) is 0 Å². The molecule has 5 heteroatoms. The second-order valence-corrected chi connectivity index (χ2v) is 5.42. The van der Waals surface area contributed by atoms with Crippen LogP contribution in [0.1, 0.15) is 25.3 Å². The standard InChI is InChI=1S/C17H23NO4/c1-11(12-5-6-12)18-17(19)8-7-13-9-15(21-3)16(22-4)10-14(13)20-2/h7-12H,5-6H2,1-4H3,(H,18,19)/b8-7+. The van der Waals surface area contributed by atoms with E-state index in [4.69, 9.17) is 14.2 Å². The van der Waals surface area contributed by atoms with E-state index in [1.54, 1.807) is 39.5 Å². The van der Waals surface area contributed by atoms with Gasteiger partial charge in [-0.3, -0.25) is 4.79 Å². The number of nitrogens with one attached hydrogen (secondary N) is 1. The molecule has 1 N–H and O–H groups in total. The molecule has 1 aliphatic rings. The Kier molecular flexibility index (Phi) is 5.31. The average molecular weight is 305 g/mol. The summed E-state index contributed by atoms with van der Waals surface area (Å²) in [4.78, 5) is 11.9. The van der Waals surface area contributed by atoms with Crippen molar-refractivity contribution in [3.05, 3.63) is 23.8 Å². The molecule has 1 fully saturated rings. The summed E-state index contributed by atoms with van der Waals surface area (Å²) < 4.78 is 15.8. The van der Waals surface area contributed by atoms with Gasteiger partial charge in [-0.15, -0.1) is 0 Å². The summed E-state index contributed by atoms with van der Waals surface area (Å²) in [6.45, 7) is 2.04. The Morgan fingerprint density at radius 2 is 1.73 bits per heavy atom. The van der Waals surface area contributed by atoms with Gasteiger partial charge in [0, 0.05) is 23.7 Å². The maximum absolute atomic E-state index is 11.9. The van der Waals surface area contributed by atoms with Crippen LogP contribution in [0.4, 0.5) is 0 Å². The Balaban J connectivity index is 2.12. The molecule has 0 heterocycles. The van der Waals surface area contributed by atoms with Gasteiger partial charge in [0.05, 0.1) is 21.3 Å². The first kappa shape index (κ1) is 16.2. The van der Waals surface area contributed by atoms with Crippen molar-refractivity contribution in [3.8, 4) is 17.2 Å². The fraction of sp³-hybridized carbons (Fsp3) is 0.471. The van der Waals surface area contributed by atoms with Crippen LogP contribution < -0.4 is 19.5 Å². The van der Waals surface area contributed by atoms with Crippen LogP contribution in [0.3, 0.4) is 0 Å². The SMILES string of the molecule is COc1cc(OC)c(OC)cc1/C=C/C(=O)NC(C)C1CC1. The highest BCUT2D eigenvalue weighted by atomic mass is 16.5. The predicted molar refractivity (Wildman–Crippen MR) is 85.5 cm³/mol. The summed E-state index contributed by atoms with van der Waals surface area (Å²) in [7, 11) is 4.72. The van der Waals surface area contributed by atoms with Gasteiger partial charge >= 0.3 is 0 Å². The van der Waals surface area contributed by atoms with Crippen LogP contribution in [0.25, 0.3) is 6.08 Å². The molecule has 0 aliphatic heterocycles. The molecule has 2 rings (SSSR count). The Labute approximate surface area is 131 Å². The number of ether oxygens (including phenoxy) is 3. The minimum absolute atomic E-state index is 0.101. The zero-order chi connectivity index (χ0) is 16.1. The van der Waals surface area contributed by atoms with E-state index in [9.17, 15) is 4.79 Å². The monoisotopic (exact) mass is 305 g/mol. The van der Waals surface area contributed by atoms with Crippen LogP contribution in [0.2, 0.25) is 0 Å². The van der Waals surface area contributed by atoms with E-state index in [1.165, 1.54) is 18.9 Å². The minimum Gasteiger partial charge on any atom is -0.496 e. The molecule has 5 nitrogen and oxygen atoms in total. The molecule has 1 aromatic rings. The van der Waals surface area contributed by atoms with E-state index in [0.29, 0.717) is 23.2 Å². The highest BCUT2D eigenvalue weighted by molar-refractivity contribution is 5.92. The average Bonchev–Trinajstić information content (AvgIpc) is 3.36. The third-order valence-corrected chi connectivity index (χ3v) is 3.85. The summed E-state index contributed by atoms with van der Waals surface area (Å²) in [5.41, 5.74) is 0.759. The molecular weight excluding hydrogens is 282 g/mol. The molecule has 1 saturated carbocycles. The molecular formula is C17H23NO4. The summed E-state index contributed by atoms with van der Waals surface area (Å²) >= 11 is 0. The van der Waals surface area contributed by atoms with Crippen LogP contribution in [0.15, 0.2) is 18.2 Å². The van der Waals surface area contributed by atoms with Crippen molar-refractivity contribution >= 4 is 12.0 Å². The normalized spacial score (nSPS) is 15.5. The topological polar surface area (TPSA) is 56.8 Å². The van der Waals surface area contributed by atoms with Crippen molar-refractivity contribution in [1.29, 1.82) is 0 Å². The van der Waals surface area contributed by atoms with Crippen LogP contribution in [0.5, 0.6) is 17.2 Å². The van der Waals surface area contributed by atoms with Gasteiger partial charge in [-0.2, -0.15) is 0 Å². The third kappa shape index (κ3) is 3.93. The van der Waals surface area contributed by atoms with Gasteiger partial charge in [0.15, 0.2) is 11.5 Å². The molecule has 120 valence electrons. The highest BCUT2D eigenvalue weighted by Crippen LogP contribution is 2.35. The lowest BCUT2D eigenvalue weighted by Gasteiger charge is -2.12. The van der Waals surface area contributed by atoms with E-state index in [1.807, 2.05) is 6.92 Å². The van der Waals surface area contributed by atoms with Crippen LogP contribution in [-0.4, -0.2) is 33.3 Å². The number of hydrogen-bond acceptors (Lipinski definition) is 4. The number of rotatable bonds is 7. The summed E-state index contributed by atoms with van der Waals surface area (Å²) in [6.07, 6.45) is 5.64. The number of benzene rings is 1. The highest BCUT2D eigenvalue weighted by Gasteiger charge is 2.28. The Morgan fingerprint density at radius 1 is 1.14 bits per heavy atom. The molecule has 1 atom stereocenters. The largest absolute Gasteiger partial charge is 0.496 e. The molecule has 1 unspecified atom stereocenters. The van der Waals surface area contributed by atoms with Crippen LogP contribution >= 0.6 is 0 Å². The van der Waals surface area contributed by atoms with Gasteiger partial charge in [0.1, 0.15) is 5.75 Å². The van der Waals surface area contributed by atoms with Crippen molar-refractivity contribution in [2.75, 3.05) is 21.3 Å². The van der Waals surface area contributed by atoms with E-state index in [2.05, 4.69) is 5.32 Å². The molecule has 1 aliphatic carbocycles. The lowest BCUT2D eigenvalue weighted by Crippen LogP contribution is -2.32. The van der Waals surface area contributed by atoms with Crippen LogP contribution in [0, 0.1) is 5.92 Å². The minimum atomic E-state index is -0.101. The van der Waals surface area contributed by atoms with Gasteiger partial charge in [-0.25, -0.2) is 0 Å². The smallest absolute Gasteiger partial charge is 0.244 e. The molecule has 0 radical (unpaired) electrons. The van der Waals surface area contributed by atoms with Gasteiger partial charge < -0.3 is 19.5 Å². The molecule has 22 heavy (non-hydrogen) atoms. The van der Waals surface area contributed by atoms with Crippen molar-refractivity contribution in [2.45, 2.75) is 25.8 Å². The molecule has 0 saturated heterocycles. The Hall–Kier alpha value is -2.17. The van der Waals surface area contributed by atoms with Crippen LogP contribution in [-0.2, 0) is 4.79 Å². The third-order valence-electron chi connectivity index (χ3n) is 3.85. The second kappa shape index (κ2) is 7.20. The van der Waals surface area contributed by atoms with Crippen molar-refractivity contribution in [1.82, 2.24) is 5.32 Å². The first-order chi connectivity index (χ1) is 10.6. The first-order valence-electron chi connectivity index (χ1n) is 7.37. The summed E-state index contributed by atoms with van der Waals surface area (Å²) in [5.74, 6) is 2.33. The van der Waals surface area contributed by atoms with E-state index in [0.717, 1.165) is 5.56 Å². The summed E-state index contributed by atoms with van der Waals surface area (Å²) in [6, 6.07) is 3.75. The fourth-order valence-corrected chi connectivity index (χ4v) is 2.34. The van der Waals surface area contributed by atoms with Crippen molar-refractivity contribution in [2.24, 2.45) is 5.92 Å². The van der Waals surface area contributed by atoms with E-state index >= 15 is 0 Å². The van der Waals surface area contributed by atoms with Crippen molar-refractivity contribution in [3.63, 3.8) is 0 Å². The maximum Gasteiger partial charge on any atom is 0.244 e. The first-order valence-corrected chi connectivity index (χ1v) is 7.37. The molecule has 1 amide bonds. The maximum atomic E-state index is 11.9. The Bertz CT molecular complexity index is 564. The fourth-order valence-electron chi connectivity index (χ4n) is 2.34. The second-order valence-electron chi connectivity index (χ2n) is 5.42. The predicted octanol–water partition coefficient (Wildman–Crippen LogP) is 2.64. The van der Waals surface area contributed by atoms with Gasteiger partial charge in [0.2, 0.25) is 5.91 Å². The molecule has 1 aromatic carbocycles. The summed E-state index contributed by atoms with van der Waals surface area (Å²) in [5, 5.41) is 2.98. The zero-order valence-electron chi connectivity index (χ0n) is 13.5. The quantitative estimate of drug-likeness (QED) is 0.787. The molecule has 0 spiro atoms. The number of carbonyl (C=O) groups is 1. The number of carbonyl (C=O) groups excluding carboxylic acids is 1. The van der Waals surface area contributed by atoms with Crippen molar-refractivity contribution < 1.29 is 19.0 Å². The van der Waals surface area contributed by atoms with Gasteiger partial charge in [0.25, 0.3) is 0 Å². The number of amides is 1. The lowest BCUT2D eigenvalue weighted by molar-refractivity contribution is -0.117. The zero-order valence-corrected chi connectivity index (χ0v) is 13.5. The molecule has 0 aromatic heterocycles. The Morgan fingerprint density at radius 3 is 2.27 bits per heavy atom.